The molecule has 0 saturated heterocycles. The fourth-order valence-electron chi connectivity index (χ4n) is 3.13. The molecular weight excluding hydrogens is 266 g/mol. The number of aliphatic carboxylic acids is 1. The van der Waals surface area contributed by atoms with E-state index < -0.39 is 5.97 Å². The molecule has 0 aromatic heterocycles. The van der Waals surface area contributed by atoms with Crippen LogP contribution in [-0.2, 0) is 9.59 Å². The number of carbonyl (C=O) groups excluding carboxylic acids is 1. The van der Waals surface area contributed by atoms with Gasteiger partial charge in [-0.15, -0.1) is 0 Å². The highest BCUT2D eigenvalue weighted by atomic mass is 16.4. The Labute approximate surface area is 125 Å². The molecule has 1 fully saturated rings. The molecule has 1 unspecified atom stereocenters. The van der Waals surface area contributed by atoms with Crippen LogP contribution in [0.15, 0.2) is 30.3 Å². The zero-order valence-corrected chi connectivity index (χ0v) is 12.6. The predicted molar refractivity (Wildman–Crippen MR) is 80.9 cm³/mol. The summed E-state index contributed by atoms with van der Waals surface area (Å²) in [6.07, 6.45) is 1.95. The van der Waals surface area contributed by atoms with E-state index in [1.165, 1.54) is 0 Å². The molecule has 114 valence electrons. The maximum Gasteiger partial charge on any atom is 0.306 e. The van der Waals surface area contributed by atoms with E-state index in [0.29, 0.717) is 12.8 Å². The number of benzene rings is 1. The van der Waals surface area contributed by atoms with Gasteiger partial charge in [0.15, 0.2) is 0 Å². The van der Waals surface area contributed by atoms with Crippen molar-refractivity contribution in [3.05, 3.63) is 35.9 Å². The highest BCUT2D eigenvalue weighted by molar-refractivity contribution is 5.84. The van der Waals surface area contributed by atoms with Crippen LogP contribution in [-0.4, -0.2) is 23.0 Å². The first-order valence-corrected chi connectivity index (χ1v) is 7.57. The second-order valence-electron chi connectivity index (χ2n) is 6.19. The Balaban J connectivity index is 2.02. The van der Waals surface area contributed by atoms with Gasteiger partial charge in [-0.2, -0.15) is 0 Å². The van der Waals surface area contributed by atoms with Gasteiger partial charge in [0, 0.05) is 6.04 Å². The van der Waals surface area contributed by atoms with Crippen LogP contribution in [0.25, 0.3) is 0 Å². The average molecular weight is 289 g/mol. The third-order valence-corrected chi connectivity index (χ3v) is 4.24. The van der Waals surface area contributed by atoms with Crippen molar-refractivity contribution in [2.24, 2.45) is 11.8 Å². The van der Waals surface area contributed by atoms with Crippen LogP contribution in [0, 0.1) is 11.8 Å². The monoisotopic (exact) mass is 289 g/mol. The van der Waals surface area contributed by atoms with Gasteiger partial charge in [-0.05, 0) is 30.7 Å². The van der Waals surface area contributed by atoms with Crippen LogP contribution in [0.3, 0.4) is 0 Å². The Kier molecular flexibility index (Phi) is 4.99. The topological polar surface area (TPSA) is 66.4 Å². The van der Waals surface area contributed by atoms with E-state index in [0.717, 1.165) is 12.0 Å². The minimum Gasteiger partial charge on any atom is -0.481 e. The highest BCUT2D eigenvalue weighted by Crippen LogP contribution is 2.28. The maximum atomic E-state index is 12.6. The lowest BCUT2D eigenvalue weighted by atomic mass is 9.87. The van der Waals surface area contributed by atoms with Crippen molar-refractivity contribution in [2.45, 2.75) is 45.1 Å². The molecule has 1 aromatic rings. The molecule has 0 heterocycles. The number of amides is 1. The van der Waals surface area contributed by atoms with Gasteiger partial charge >= 0.3 is 5.97 Å². The van der Waals surface area contributed by atoms with Crippen molar-refractivity contribution in [1.82, 2.24) is 5.32 Å². The van der Waals surface area contributed by atoms with Crippen molar-refractivity contribution in [3.63, 3.8) is 0 Å². The summed E-state index contributed by atoms with van der Waals surface area (Å²) >= 11 is 0. The van der Waals surface area contributed by atoms with E-state index in [4.69, 9.17) is 5.11 Å². The van der Waals surface area contributed by atoms with Crippen LogP contribution < -0.4 is 5.32 Å². The summed E-state index contributed by atoms with van der Waals surface area (Å²) in [5.74, 6) is -1.05. The van der Waals surface area contributed by atoms with Crippen LogP contribution >= 0.6 is 0 Å². The molecule has 3 atom stereocenters. The van der Waals surface area contributed by atoms with Crippen molar-refractivity contribution < 1.29 is 14.7 Å². The van der Waals surface area contributed by atoms with E-state index in [9.17, 15) is 9.59 Å². The minimum absolute atomic E-state index is 0.00670. The number of nitrogens with one attached hydrogen (secondary N) is 1. The van der Waals surface area contributed by atoms with Gasteiger partial charge in [-0.1, -0.05) is 44.2 Å². The molecule has 0 bridgehead atoms. The van der Waals surface area contributed by atoms with Crippen LogP contribution in [0.1, 0.15) is 44.6 Å². The molecule has 2 N–H and O–H groups in total. The van der Waals surface area contributed by atoms with Crippen molar-refractivity contribution >= 4 is 11.9 Å². The standard InChI is InChI=1S/C17H23NO3/c1-11(2)15(12-6-4-3-5-7-12)16(19)18-14-9-8-13(10-14)17(20)21/h3-7,11,13-15H,8-10H2,1-2H3,(H,18,19)(H,20,21)/t13-,14+,15?/m0/s1. The molecule has 1 aliphatic rings. The summed E-state index contributed by atoms with van der Waals surface area (Å²) in [4.78, 5) is 23.5. The largest absolute Gasteiger partial charge is 0.481 e. The molecule has 4 heteroatoms. The summed E-state index contributed by atoms with van der Waals surface area (Å²) in [5, 5.41) is 12.1. The van der Waals surface area contributed by atoms with Crippen molar-refractivity contribution in [3.8, 4) is 0 Å². The summed E-state index contributed by atoms with van der Waals surface area (Å²) in [5.41, 5.74) is 1.01. The van der Waals surface area contributed by atoms with E-state index in [1.807, 2.05) is 44.2 Å². The fraction of sp³-hybridized carbons (Fsp3) is 0.529. The first-order chi connectivity index (χ1) is 9.99. The SMILES string of the molecule is CC(C)C(C(=O)N[C@@H]1CC[C@H](C(=O)O)C1)c1ccccc1. The molecule has 1 saturated carbocycles. The number of hydrogen-bond acceptors (Lipinski definition) is 2. The Hall–Kier alpha value is -1.84. The second-order valence-corrected chi connectivity index (χ2v) is 6.19. The normalized spacial score (nSPS) is 23.0. The fourth-order valence-corrected chi connectivity index (χ4v) is 3.13. The summed E-state index contributed by atoms with van der Waals surface area (Å²) in [7, 11) is 0. The predicted octanol–water partition coefficient (Wildman–Crippen LogP) is 2.80. The van der Waals surface area contributed by atoms with Crippen LogP contribution in [0.5, 0.6) is 0 Å². The lowest BCUT2D eigenvalue weighted by Crippen LogP contribution is -2.38. The van der Waals surface area contributed by atoms with Crippen molar-refractivity contribution in [1.29, 1.82) is 0 Å². The van der Waals surface area contributed by atoms with Gasteiger partial charge in [-0.25, -0.2) is 0 Å². The number of carboxylic acids is 1. The Morgan fingerprint density at radius 3 is 2.38 bits per heavy atom. The zero-order valence-electron chi connectivity index (χ0n) is 12.6. The molecule has 1 aliphatic carbocycles. The van der Waals surface area contributed by atoms with Gasteiger partial charge < -0.3 is 10.4 Å². The number of rotatable bonds is 5. The molecular formula is C17H23NO3. The lowest BCUT2D eigenvalue weighted by Gasteiger charge is -2.23. The molecule has 0 aliphatic heterocycles. The summed E-state index contributed by atoms with van der Waals surface area (Å²) < 4.78 is 0. The smallest absolute Gasteiger partial charge is 0.306 e. The van der Waals surface area contributed by atoms with Gasteiger partial charge in [0.25, 0.3) is 0 Å². The van der Waals surface area contributed by atoms with Crippen LogP contribution in [0.2, 0.25) is 0 Å². The van der Waals surface area contributed by atoms with E-state index >= 15 is 0 Å². The first-order valence-electron chi connectivity index (χ1n) is 7.57. The third kappa shape index (κ3) is 3.84. The van der Waals surface area contributed by atoms with Gasteiger partial charge in [0.2, 0.25) is 5.91 Å². The first kappa shape index (κ1) is 15.5. The maximum absolute atomic E-state index is 12.6. The zero-order chi connectivity index (χ0) is 15.4. The number of hydrogen-bond donors (Lipinski definition) is 2. The Morgan fingerprint density at radius 1 is 1.19 bits per heavy atom. The van der Waals surface area contributed by atoms with Gasteiger partial charge in [0.05, 0.1) is 11.8 Å². The molecule has 2 rings (SSSR count). The second kappa shape index (κ2) is 6.74. The minimum atomic E-state index is -0.754. The van der Waals surface area contributed by atoms with Gasteiger partial charge in [-0.3, -0.25) is 9.59 Å². The van der Waals surface area contributed by atoms with Gasteiger partial charge in [0.1, 0.15) is 0 Å². The average Bonchev–Trinajstić information content (AvgIpc) is 2.88. The number of carboxylic acid groups (broad SMARTS) is 1. The quantitative estimate of drug-likeness (QED) is 0.876. The summed E-state index contributed by atoms with van der Waals surface area (Å²) in [6.45, 7) is 4.07. The Morgan fingerprint density at radius 2 is 1.86 bits per heavy atom. The Bertz CT molecular complexity index is 498. The molecule has 21 heavy (non-hydrogen) atoms. The molecule has 4 nitrogen and oxygen atoms in total. The number of carbonyl (C=O) groups is 2. The van der Waals surface area contributed by atoms with E-state index in [1.54, 1.807) is 0 Å². The van der Waals surface area contributed by atoms with E-state index in [2.05, 4.69) is 5.32 Å². The lowest BCUT2D eigenvalue weighted by molar-refractivity contribution is -0.141. The van der Waals surface area contributed by atoms with Crippen LogP contribution in [0.4, 0.5) is 0 Å². The molecule has 0 spiro atoms. The van der Waals surface area contributed by atoms with E-state index in [-0.39, 0.29) is 29.7 Å². The third-order valence-electron chi connectivity index (χ3n) is 4.24. The molecule has 1 aromatic carbocycles. The summed E-state index contributed by atoms with van der Waals surface area (Å²) in [6, 6.07) is 9.75. The molecule has 0 radical (unpaired) electrons. The highest BCUT2D eigenvalue weighted by Gasteiger charge is 2.32. The molecule has 1 amide bonds. The van der Waals surface area contributed by atoms with Crippen molar-refractivity contribution in [2.75, 3.05) is 0 Å².